The molecule has 22 heavy (non-hydrogen) atoms. The summed E-state index contributed by atoms with van der Waals surface area (Å²) in [5.74, 6) is 1.27. The summed E-state index contributed by atoms with van der Waals surface area (Å²) in [6.07, 6.45) is 0.710. The fourth-order valence-electron chi connectivity index (χ4n) is 2.92. The van der Waals surface area contributed by atoms with Gasteiger partial charge in [0.1, 0.15) is 11.3 Å². The van der Waals surface area contributed by atoms with E-state index < -0.39 is 5.03 Å². The molecule has 2 aliphatic heterocycles. The highest BCUT2D eigenvalue weighted by Gasteiger charge is 2.36. The largest absolute Gasteiger partial charge is 0.381 e. The zero-order valence-electron chi connectivity index (χ0n) is 13.6. The molecule has 2 aliphatic rings. The van der Waals surface area contributed by atoms with Gasteiger partial charge in [0.05, 0.1) is 6.61 Å². The Hall–Kier alpha value is -1.41. The average molecular weight is 314 g/mol. The first-order valence-electron chi connectivity index (χ1n) is 7.96. The molecule has 3 unspecified atom stereocenters. The van der Waals surface area contributed by atoms with Crippen LogP contribution in [-0.2, 0) is 9.47 Å². The fourth-order valence-corrected chi connectivity index (χ4v) is 2.92. The summed E-state index contributed by atoms with van der Waals surface area (Å²) >= 11 is 0. The second-order valence-corrected chi connectivity index (χ2v) is 6.02. The second-order valence-electron chi connectivity index (χ2n) is 6.02. The first-order valence-corrected chi connectivity index (χ1v) is 7.96. The van der Waals surface area contributed by atoms with Crippen molar-refractivity contribution in [3.8, 4) is 0 Å². The lowest BCUT2D eigenvalue weighted by atomic mass is 9.98. The molecule has 0 radical (unpaired) electrons. The standard InChI is InChI=1S/C14H26N4O4/c1-4-7-22-12(3)17-6-5-16(14(17)15-18(19)20)8-13-10-21-9-11(13)2/h11-13H,4-10H2,1-3H3. The third kappa shape index (κ3) is 4.07. The highest BCUT2D eigenvalue weighted by Crippen LogP contribution is 2.24. The molecule has 2 rings (SSSR count). The van der Waals surface area contributed by atoms with E-state index in [1.54, 1.807) is 0 Å². The highest BCUT2D eigenvalue weighted by atomic mass is 16.7. The molecule has 3 atom stereocenters. The number of ether oxygens (including phenoxy) is 2. The maximum atomic E-state index is 10.9. The molecule has 0 saturated carbocycles. The molecule has 0 aliphatic carbocycles. The monoisotopic (exact) mass is 314 g/mol. The van der Waals surface area contributed by atoms with Gasteiger partial charge in [0.25, 0.3) is 5.96 Å². The molecule has 126 valence electrons. The maximum absolute atomic E-state index is 10.9. The SMILES string of the molecule is CCCOC(C)N1CCN(CC2COCC2C)C1=N[N+](=O)[O-]. The van der Waals surface area contributed by atoms with Crippen LogP contribution in [0.1, 0.15) is 27.2 Å². The smallest absolute Gasteiger partial charge is 0.276 e. The number of nitro groups is 1. The van der Waals surface area contributed by atoms with Crippen molar-refractivity contribution in [2.45, 2.75) is 33.4 Å². The Bertz CT molecular complexity index is 418. The van der Waals surface area contributed by atoms with E-state index in [1.165, 1.54) is 0 Å². The predicted octanol–water partition coefficient (Wildman–Crippen LogP) is 1.21. The van der Waals surface area contributed by atoms with Crippen molar-refractivity contribution in [2.75, 3.05) is 39.5 Å². The molecule has 2 heterocycles. The van der Waals surface area contributed by atoms with Gasteiger partial charge in [-0.3, -0.25) is 0 Å². The Morgan fingerprint density at radius 2 is 2.27 bits per heavy atom. The molecule has 8 nitrogen and oxygen atoms in total. The maximum Gasteiger partial charge on any atom is 0.276 e. The van der Waals surface area contributed by atoms with E-state index in [9.17, 15) is 10.1 Å². The van der Waals surface area contributed by atoms with Gasteiger partial charge in [0.2, 0.25) is 0 Å². The van der Waals surface area contributed by atoms with Gasteiger partial charge >= 0.3 is 0 Å². The molecule has 0 spiro atoms. The van der Waals surface area contributed by atoms with Crippen LogP contribution >= 0.6 is 0 Å². The van der Waals surface area contributed by atoms with Crippen LogP contribution < -0.4 is 0 Å². The minimum absolute atomic E-state index is 0.207. The number of nitrogens with zero attached hydrogens (tertiary/aromatic N) is 4. The third-order valence-corrected chi connectivity index (χ3v) is 4.30. The molecule has 0 bridgehead atoms. The summed E-state index contributed by atoms with van der Waals surface area (Å²) in [6, 6.07) is 0. The Morgan fingerprint density at radius 1 is 1.50 bits per heavy atom. The second kappa shape index (κ2) is 7.73. The van der Waals surface area contributed by atoms with Crippen molar-refractivity contribution in [2.24, 2.45) is 16.9 Å². The number of hydrogen-bond donors (Lipinski definition) is 0. The molecule has 0 aromatic carbocycles. The van der Waals surface area contributed by atoms with Gasteiger partial charge in [-0.2, -0.15) is 0 Å². The number of rotatable bonds is 7. The predicted molar refractivity (Wildman–Crippen MR) is 81.9 cm³/mol. The summed E-state index contributed by atoms with van der Waals surface area (Å²) in [7, 11) is 0. The summed E-state index contributed by atoms with van der Waals surface area (Å²) in [5.41, 5.74) is 0. The van der Waals surface area contributed by atoms with E-state index in [0.29, 0.717) is 37.6 Å². The Balaban J connectivity index is 2.05. The minimum Gasteiger partial charge on any atom is -0.381 e. The third-order valence-electron chi connectivity index (χ3n) is 4.30. The van der Waals surface area contributed by atoms with Gasteiger partial charge in [-0.1, -0.05) is 13.8 Å². The van der Waals surface area contributed by atoms with Crippen LogP contribution in [0.3, 0.4) is 0 Å². The van der Waals surface area contributed by atoms with Crippen molar-refractivity contribution in [3.63, 3.8) is 0 Å². The van der Waals surface area contributed by atoms with Gasteiger partial charge in [-0.25, -0.2) is 10.1 Å². The van der Waals surface area contributed by atoms with Gasteiger partial charge in [-0.05, 0) is 19.3 Å². The van der Waals surface area contributed by atoms with Gasteiger partial charge in [-0.15, -0.1) is 0 Å². The van der Waals surface area contributed by atoms with Gasteiger partial charge < -0.3 is 19.3 Å². The molecule has 8 heteroatoms. The lowest BCUT2D eigenvalue weighted by molar-refractivity contribution is -0.486. The van der Waals surface area contributed by atoms with E-state index in [0.717, 1.165) is 26.1 Å². The van der Waals surface area contributed by atoms with Gasteiger partial charge in [0, 0.05) is 38.8 Å². The molecule has 0 N–H and O–H groups in total. The zero-order chi connectivity index (χ0) is 16.1. The average Bonchev–Trinajstić information content (AvgIpc) is 3.04. The quantitative estimate of drug-likeness (QED) is 0.519. The number of hydrazone groups is 1. The summed E-state index contributed by atoms with van der Waals surface area (Å²) in [4.78, 5) is 14.7. The van der Waals surface area contributed by atoms with Crippen molar-refractivity contribution < 1.29 is 14.5 Å². The highest BCUT2D eigenvalue weighted by molar-refractivity contribution is 5.81. The normalized spacial score (nSPS) is 28.6. The summed E-state index contributed by atoms with van der Waals surface area (Å²) < 4.78 is 11.2. The topological polar surface area (TPSA) is 80.4 Å². The molecule has 2 fully saturated rings. The minimum atomic E-state index is -0.623. The lowest BCUT2D eigenvalue weighted by Gasteiger charge is -2.27. The number of hydrogen-bond acceptors (Lipinski definition) is 4. The molecule has 0 amide bonds. The Morgan fingerprint density at radius 3 is 2.86 bits per heavy atom. The van der Waals surface area contributed by atoms with E-state index in [1.807, 2.05) is 23.6 Å². The van der Waals surface area contributed by atoms with E-state index in [4.69, 9.17) is 9.47 Å². The van der Waals surface area contributed by atoms with Crippen LogP contribution in [0.15, 0.2) is 5.10 Å². The van der Waals surface area contributed by atoms with Crippen molar-refractivity contribution >= 4 is 5.96 Å². The molecular formula is C14H26N4O4. The molecule has 0 aromatic heterocycles. The van der Waals surface area contributed by atoms with E-state index in [2.05, 4.69) is 12.0 Å². The summed E-state index contributed by atoms with van der Waals surface area (Å²) in [6.45, 7) is 10.4. The Labute approximate surface area is 131 Å². The van der Waals surface area contributed by atoms with Crippen LogP contribution in [0.5, 0.6) is 0 Å². The van der Waals surface area contributed by atoms with Gasteiger partial charge in [0.15, 0.2) is 5.03 Å². The van der Waals surface area contributed by atoms with Crippen molar-refractivity contribution in [3.05, 3.63) is 10.1 Å². The first-order chi connectivity index (χ1) is 10.5. The van der Waals surface area contributed by atoms with Crippen LogP contribution in [0.25, 0.3) is 0 Å². The summed E-state index contributed by atoms with van der Waals surface area (Å²) in [5, 5.41) is 13.9. The number of guanidine groups is 1. The van der Waals surface area contributed by atoms with E-state index >= 15 is 0 Å². The van der Waals surface area contributed by atoms with Crippen molar-refractivity contribution in [1.29, 1.82) is 0 Å². The van der Waals surface area contributed by atoms with Crippen LogP contribution in [0.4, 0.5) is 0 Å². The van der Waals surface area contributed by atoms with Crippen LogP contribution in [-0.4, -0.2) is 66.5 Å². The molecule has 2 saturated heterocycles. The Kier molecular flexibility index (Phi) is 5.96. The van der Waals surface area contributed by atoms with Crippen molar-refractivity contribution in [1.82, 2.24) is 9.80 Å². The van der Waals surface area contributed by atoms with Crippen LogP contribution in [0.2, 0.25) is 0 Å². The lowest BCUT2D eigenvalue weighted by Crippen LogP contribution is -2.42. The van der Waals surface area contributed by atoms with E-state index in [-0.39, 0.29) is 6.23 Å². The molecule has 0 aromatic rings. The molecular weight excluding hydrogens is 288 g/mol. The first kappa shape index (κ1) is 17.0. The van der Waals surface area contributed by atoms with Crippen LogP contribution in [0, 0.1) is 22.0 Å². The fraction of sp³-hybridized carbons (Fsp3) is 0.929. The zero-order valence-corrected chi connectivity index (χ0v) is 13.6.